The van der Waals surface area contributed by atoms with Gasteiger partial charge in [-0.3, -0.25) is 13.9 Å². The Morgan fingerprint density at radius 1 is 0.852 bits per heavy atom. The number of anilines is 1. The van der Waals surface area contributed by atoms with Crippen LogP contribution in [0.4, 0.5) is 5.69 Å². The molecule has 16 nitrogen and oxygen atoms in total. The van der Waals surface area contributed by atoms with Crippen molar-refractivity contribution in [3.63, 3.8) is 0 Å². The molecule has 0 fully saturated rings. The summed E-state index contributed by atoms with van der Waals surface area (Å²) in [6, 6.07) is 12.2. The van der Waals surface area contributed by atoms with Gasteiger partial charge in [0.05, 0.1) is 75.8 Å². The van der Waals surface area contributed by atoms with Crippen molar-refractivity contribution in [1.29, 1.82) is 0 Å². The molecule has 0 amide bonds. The van der Waals surface area contributed by atoms with Crippen molar-refractivity contribution >= 4 is 38.0 Å². The summed E-state index contributed by atoms with van der Waals surface area (Å²) in [5, 5.41) is 10.0. The molecular weight excluding hydrogens is 833 g/mol. The van der Waals surface area contributed by atoms with Gasteiger partial charge < -0.3 is 38.1 Å². The number of carboxylic acids is 1. The molecule has 2 aliphatic heterocycles. The Morgan fingerprint density at radius 2 is 1.52 bits per heavy atom. The van der Waals surface area contributed by atoms with E-state index >= 15 is 0 Å². The first-order valence-corrected chi connectivity index (χ1v) is 23.6. The van der Waals surface area contributed by atoms with Crippen LogP contribution in [0, 0.1) is 0 Å². The Kier molecular flexibility index (Phi) is 20.0. The topological polar surface area (TPSA) is 212 Å². The fourth-order valence-electron chi connectivity index (χ4n) is 7.21. The third kappa shape index (κ3) is 15.7. The van der Waals surface area contributed by atoms with Gasteiger partial charge in [0.1, 0.15) is 18.8 Å². The number of aliphatic carboxylic acids is 1. The van der Waals surface area contributed by atoms with Crippen molar-refractivity contribution in [1.82, 2.24) is 4.58 Å². The van der Waals surface area contributed by atoms with Crippen LogP contribution in [0.15, 0.2) is 75.9 Å². The highest BCUT2D eigenvalue weighted by Gasteiger charge is 2.43. The molecule has 3 aliphatic rings. The Balaban J connectivity index is 1.57. The standard InChI is InChI=1S/C43H60N2O14S2/c1-4-44(19-9-31-60(48,49)50)35-13-15-37-34(17-21-59-40(37)32-35)10-8-11-41-43(2,18-22-55-25-26-57-29-30-58-28-27-56-24-23-54-3)38-33-36(61(51,52)53)14-16-39(38)45(41)20-7-5-6-12-42(46)47/h8,10-11,13-17,21,32-33H,4-7,9,12,18-20,22-31H2,1-3H3,(H2-,46,47,48,49,50,51,52,53)/p+1. The molecule has 2 heterocycles. The van der Waals surface area contributed by atoms with Crippen LogP contribution in [0.3, 0.4) is 0 Å². The van der Waals surface area contributed by atoms with E-state index in [-0.39, 0.29) is 23.5 Å². The second kappa shape index (κ2) is 24.6. The van der Waals surface area contributed by atoms with Crippen LogP contribution in [0.1, 0.15) is 63.5 Å². The number of benzene rings is 2. The van der Waals surface area contributed by atoms with Gasteiger partial charge >= 0.3 is 5.97 Å². The predicted molar refractivity (Wildman–Crippen MR) is 231 cm³/mol. The zero-order valence-electron chi connectivity index (χ0n) is 35.3. The number of rotatable bonds is 29. The minimum atomic E-state index is -4.51. The lowest BCUT2D eigenvalue weighted by molar-refractivity contribution is -0.137. The van der Waals surface area contributed by atoms with Crippen molar-refractivity contribution in [3.05, 3.63) is 83.1 Å². The first-order valence-electron chi connectivity index (χ1n) is 20.5. The lowest BCUT2D eigenvalue weighted by atomic mass is 9.78. The summed E-state index contributed by atoms with van der Waals surface area (Å²) in [7, 11) is -6.95. The molecule has 0 aromatic heterocycles. The maximum Gasteiger partial charge on any atom is 0.303 e. The summed E-state index contributed by atoms with van der Waals surface area (Å²) in [4.78, 5) is 13.1. The zero-order valence-corrected chi connectivity index (χ0v) is 37.0. The third-order valence-corrected chi connectivity index (χ3v) is 12.1. The van der Waals surface area contributed by atoms with Gasteiger partial charge in [0.2, 0.25) is 5.36 Å². The summed E-state index contributed by atoms with van der Waals surface area (Å²) in [5.74, 6) is -0.556. The van der Waals surface area contributed by atoms with Gasteiger partial charge in [0.15, 0.2) is 0 Å². The van der Waals surface area contributed by atoms with Crippen LogP contribution in [0.25, 0.3) is 17.4 Å². The Bertz CT molecular complexity index is 2190. The SMILES string of the molecule is CC[N+](CCCS(=O)(=O)O)=c1ccc2c(/C=C/C=C3/N(CCCCCC(=O)O)c4ccc(S(=O)(=O)O)cc4C3(C)CCOCCOCCOCCOCCOC)ccoc-2c1. The predicted octanol–water partition coefficient (Wildman–Crippen LogP) is 5.12. The molecule has 3 N–H and O–H groups in total. The molecule has 4 rings (SSSR count). The monoisotopic (exact) mass is 893 g/mol. The van der Waals surface area contributed by atoms with Crippen molar-refractivity contribution in [2.45, 2.75) is 62.7 Å². The van der Waals surface area contributed by atoms with Gasteiger partial charge in [-0.05, 0) is 80.6 Å². The number of ether oxygens (including phenoxy) is 5. The van der Waals surface area contributed by atoms with E-state index in [2.05, 4.69) is 4.90 Å². The van der Waals surface area contributed by atoms with Gasteiger partial charge in [-0.15, -0.1) is 0 Å². The molecule has 61 heavy (non-hydrogen) atoms. The summed E-state index contributed by atoms with van der Waals surface area (Å²) < 4.78 is 102. The molecule has 0 spiro atoms. The van der Waals surface area contributed by atoms with Crippen LogP contribution in [0.2, 0.25) is 0 Å². The normalized spacial score (nSPS) is 16.9. The average molecular weight is 894 g/mol. The number of hydrogen-bond donors (Lipinski definition) is 3. The van der Waals surface area contributed by atoms with E-state index < -0.39 is 31.6 Å². The lowest BCUT2D eigenvalue weighted by Crippen LogP contribution is -2.31. The summed E-state index contributed by atoms with van der Waals surface area (Å²) in [6.45, 7) is 9.35. The minimum Gasteiger partial charge on any atom is -0.481 e. The third-order valence-electron chi connectivity index (χ3n) is 10.4. The number of unbranched alkanes of at least 4 members (excludes halogenated alkanes) is 2. The molecule has 1 atom stereocenters. The quantitative estimate of drug-likeness (QED) is 0.0469. The highest BCUT2D eigenvalue weighted by atomic mass is 32.2. The molecule has 338 valence electrons. The van der Waals surface area contributed by atoms with E-state index in [1.54, 1.807) is 19.4 Å². The van der Waals surface area contributed by atoms with Crippen molar-refractivity contribution in [2.24, 2.45) is 0 Å². The number of carboxylic acid groups (broad SMARTS) is 1. The van der Waals surface area contributed by atoms with Crippen LogP contribution < -0.4 is 14.8 Å². The molecule has 1 unspecified atom stereocenters. The smallest absolute Gasteiger partial charge is 0.303 e. The van der Waals surface area contributed by atoms with E-state index in [4.69, 9.17) is 32.7 Å². The highest BCUT2D eigenvalue weighted by molar-refractivity contribution is 7.86. The molecule has 18 heteroatoms. The number of hydrogen-bond acceptors (Lipinski definition) is 12. The van der Waals surface area contributed by atoms with Crippen LogP contribution in [-0.4, -0.2) is 129 Å². The van der Waals surface area contributed by atoms with Gasteiger partial charge in [0.25, 0.3) is 20.2 Å². The minimum absolute atomic E-state index is 0.0686. The maximum atomic E-state index is 12.4. The molecule has 0 saturated carbocycles. The number of nitrogens with zero attached hydrogens (tertiary/aromatic N) is 2. The van der Waals surface area contributed by atoms with Gasteiger partial charge in [-0.2, -0.15) is 16.8 Å². The first-order chi connectivity index (χ1) is 29.2. The van der Waals surface area contributed by atoms with E-state index in [0.29, 0.717) is 116 Å². The number of methoxy groups -OCH3 is 1. The van der Waals surface area contributed by atoms with Crippen LogP contribution in [-0.2, 0) is 54.1 Å². The number of fused-ring (bicyclic) bond motifs is 2. The highest BCUT2D eigenvalue weighted by Crippen LogP contribution is 2.51. The molecule has 0 radical (unpaired) electrons. The molecular formula is C43H61N2O14S2+. The second-order valence-corrected chi connectivity index (χ2v) is 17.7. The molecule has 1 aliphatic carbocycles. The van der Waals surface area contributed by atoms with Gasteiger partial charge in [-0.1, -0.05) is 18.6 Å². The lowest BCUT2D eigenvalue weighted by Gasteiger charge is -2.30. The van der Waals surface area contributed by atoms with Gasteiger partial charge in [0, 0.05) is 61.5 Å². The van der Waals surface area contributed by atoms with Gasteiger partial charge in [-0.25, -0.2) is 4.58 Å². The second-order valence-electron chi connectivity index (χ2n) is 14.7. The van der Waals surface area contributed by atoms with E-state index in [0.717, 1.165) is 27.9 Å². The average Bonchev–Trinajstić information content (AvgIpc) is 3.44. The Morgan fingerprint density at radius 3 is 2.15 bits per heavy atom. The summed E-state index contributed by atoms with van der Waals surface area (Å²) in [5.41, 5.74) is 3.33. The fourth-order valence-corrected chi connectivity index (χ4v) is 8.21. The first kappa shape index (κ1) is 49.7. The maximum absolute atomic E-state index is 12.4. The molecule has 0 bridgehead atoms. The van der Waals surface area contributed by atoms with E-state index in [1.165, 1.54) is 12.1 Å². The van der Waals surface area contributed by atoms with Crippen molar-refractivity contribution in [2.75, 3.05) is 96.9 Å². The largest absolute Gasteiger partial charge is 0.481 e. The zero-order chi connectivity index (χ0) is 44.3. The molecule has 1 aromatic carbocycles. The number of carbonyl (C=O) groups is 1. The van der Waals surface area contributed by atoms with Crippen molar-refractivity contribution in [3.8, 4) is 11.3 Å². The van der Waals surface area contributed by atoms with Crippen LogP contribution in [0.5, 0.6) is 0 Å². The summed E-state index contributed by atoms with van der Waals surface area (Å²) >= 11 is 0. The van der Waals surface area contributed by atoms with E-state index in [1.807, 2.05) is 60.9 Å². The number of allylic oxidation sites excluding steroid dienone is 3. The Hall–Kier alpha value is -3.98. The van der Waals surface area contributed by atoms with E-state index in [9.17, 15) is 31.3 Å². The van der Waals surface area contributed by atoms with Crippen molar-refractivity contribution < 1.29 is 63.9 Å². The Labute approximate surface area is 359 Å². The molecule has 1 aromatic rings. The molecule has 0 saturated heterocycles. The van der Waals surface area contributed by atoms with Crippen LogP contribution >= 0.6 is 0 Å². The summed E-state index contributed by atoms with van der Waals surface area (Å²) in [6.07, 6.45) is 10.2. The fraction of sp³-hybridized carbons (Fsp3) is 0.535.